The summed E-state index contributed by atoms with van der Waals surface area (Å²) in [7, 11) is 0. The Kier molecular flexibility index (Phi) is 34.9. The topological polar surface area (TPSA) is 0 Å². The molecule has 0 saturated heterocycles. The van der Waals surface area contributed by atoms with Crippen LogP contribution in [0.4, 0.5) is 0 Å². The molecule has 0 bridgehead atoms. The molecule has 0 heteroatoms. The van der Waals surface area contributed by atoms with Gasteiger partial charge in [0, 0.05) is 0 Å². The predicted molar refractivity (Wildman–Crippen MR) is 133 cm³/mol. The zero-order valence-corrected chi connectivity index (χ0v) is 18.5. The molecule has 0 spiro atoms. The van der Waals surface area contributed by atoms with Crippen molar-refractivity contribution in [2.75, 3.05) is 0 Å². The highest BCUT2D eigenvalue weighted by atomic mass is 14.3. The molecule has 3 atom stereocenters. The van der Waals surface area contributed by atoms with Crippen molar-refractivity contribution < 1.29 is 0 Å². The molecule has 3 unspecified atom stereocenters. The highest BCUT2D eigenvalue weighted by Gasteiger charge is 2.25. The van der Waals surface area contributed by atoms with Crippen molar-refractivity contribution in [1.82, 2.24) is 0 Å². The lowest BCUT2D eigenvalue weighted by atomic mass is 9.73. The third kappa shape index (κ3) is 21.6. The Morgan fingerprint density at radius 2 is 1.04 bits per heavy atom. The van der Waals surface area contributed by atoms with Crippen LogP contribution < -0.4 is 0 Å². The van der Waals surface area contributed by atoms with Crippen molar-refractivity contribution in [2.45, 2.75) is 133 Å². The Morgan fingerprint density at radius 3 is 1.30 bits per heavy atom. The van der Waals surface area contributed by atoms with Gasteiger partial charge in [-0.3, -0.25) is 0 Å². The van der Waals surface area contributed by atoms with Gasteiger partial charge in [0.15, 0.2) is 0 Å². The van der Waals surface area contributed by atoms with Crippen molar-refractivity contribution in [1.29, 1.82) is 0 Å². The van der Waals surface area contributed by atoms with E-state index in [0.717, 1.165) is 5.92 Å². The second kappa shape index (κ2) is 27.7. The Hall–Kier alpha value is -0.520. The molecule has 0 radical (unpaired) electrons. The standard InChI is InChI=1S/C12H20.C6H12.C4H10.C3H8.2CH4/c1-4-10-7-8-11(5-2)12(6-3)9-10;1-2-4-6-5-3-1;1-3-4-2;1-3-2;;/h5-6,10-12H,2-4,7-9H2,1H3;1-6H2;3-4H2,1-2H3;3H2,1-2H3;2*1H4. The molecule has 2 fully saturated rings. The summed E-state index contributed by atoms with van der Waals surface area (Å²) < 4.78 is 0. The average Bonchev–Trinajstić information content (AvgIpc) is 2.70. The monoisotopic (exact) mass is 382 g/mol. The number of hydrogen-bond acceptors (Lipinski definition) is 0. The van der Waals surface area contributed by atoms with E-state index in [-0.39, 0.29) is 14.9 Å². The molecule has 0 N–H and O–H groups in total. The van der Waals surface area contributed by atoms with Crippen LogP contribution in [0.3, 0.4) is 0 Å². The zero-order valence-electron chi connectivity index (χ0n) is 18.5. The molecule has 2 aliphatic carbocycles. The molecule has 2 rings (SSSR count). The highest BCUT2D eigenvalue weighted by molar-refractivity contribution is 4.96. The minimum atomic E-state index is 0. The summed E-state index contributed by atoms with van der Waals surface area (Å²) in [5.41, 5.74) is 0. The quantitative estimate of drug-likeness (QED) is 0.424. The molecule has 0 aromatic carbocycles. The number of hydrogen-bond donors (Lipinski definition) is 0. The van der Waals surface area contributed by atoms with E-state index in [1.165, 1.54) is 83.5 Å². The van der Waals surface area contributed by atoms with E-state index in [0.29, 0.717) is 11.8 Å². The van der Waals surface area contributed by atoms with E-state index in [4.69, 9.17) is 0 Å². The van der Waals surface area contributed by atoms with Crippen molar-refractivity contribution in [3.8, 4) is 0 Å². The summed E-state index contributed by atoms with van der Waals surface area (Å²) in [6.07, 6.45) is 22.5. The SMILES string of the molecule is C.C.C1CCCCC1.C=CC1CCC(CC)CC1C=C.CCC.CCCC. The maximum absolute atomic E-state index is 3.90. The Labute approximate surface area is 176 Å². The first kappa shape index (κ1) is 34.0. The number of unbranched alkanes of at least 4 members (excludes halogenated alkanes) is 1. The van der Waals surface area contributed by atoms with E-state index >= 15 is 0 Å². The van der Waals surface area contributed by atoms with Gasteiger partial charge in [-0.1, -0.05) is 126 Å². The van der Waals surface area contributed by atoms with E-state index < -0.39 is 0 Å². The van der Waals surface area contributed by atoms with Crippen LogP contribution in [0.2, 0.25) is 0 Å². The van der Waals surface area contributed by atoms with Gasteiger partial charge in [-0.05, 0) is 37.0 Å². The third-order valence-corrected chi connectivity index (χ3v) is 5.25. The van der Waals surface area contributed by atoms with Crippen LogP contribution >= 0.6 is 0 Å². The van der Waals surface area contributed by atoms with Crippen molar-refractivity contribution in [2.24, 2.45) is 17.8 Å². The minimum absolute atomic E-state index is 0. The number of rotatable bonds is 4. The van der Waals surface area contributed by atoms with Gasteiger partial charge in [0.25, 0.3) is 0 Å². The highest BCUT2D eigenvalue weighted by Crippen LogP contribution is 2.36. The largest absolute Gasteiger partial charge is 0.103 e. The van der Waals surface area contributed by atoms with Crippen molar-refractivity contribution in [3.63, 3.8) is 0 Å². The summed E-state index contributed by atoms with van der Waals surface area (Å²) in [5.74, 6) is 2.33. The van der Waals surface area contributed by atoms with Crippen molar-refractivity contribution in [3.05, 3.63) is 25.3 Å². The van der Waals surface area contributed by atoms with Crippen LogP contribution in [-0.2, 0) is 0 Å². The molecular weight excluding hydrogens is 324 g/mol. The molecule has 0 aliphatic heterocycles. The van der Waals surface area contributed by atoms with Gasteiger partial charge in [-0.15, -0.1) is 13.2 Å². The number of allylic oxidation sites excluding steroid dienone is 2. The first-order valence-corrected chi connectivity index (χ1v) is 11.4. The fourth-order valence-corrected chi connectivity index (χ4v) is 3.31. The second-order valence-corrected chi connectivity index (χ2v) is 7.71. The smallest absolute Gasteiger partial charge is 0.0171 e. The van der Waals surface area contributed by atoms with Gasteiger partial charge in [0.05, 0.1) is 0 Å². The van der Waals surface area contributed by atoms with E-state index in [2.05, 4.69) is 59.9 Å². The van der Waals surface area contributed by atoms with E-state index in [1.807, 2.05) is 0 Å². The van der Waals surface area contributed by atoms with Crippen LogP contribution in [0.5, 0.6) is 0 Å². The van der Waals surface area contributed by atoms with Crippen LogP contribution in [0.1, 0.15) is 133 Å². The average molecular weight is 383 g/mol. The fourth-order valence-electron chi connectivity index (χ4n) is 3.31. The summed E-state index contributed by atoms with van der Waals surface area (Å²) in [6.45, 7) is 18.7. The Bertz CT molecular complexity index is 248. The van der Waals surface area contributed by atoms with Crippen LogP contribution in [0, 0.1) is 17.8 Å². The first-order chi connectivity index (χ1) is 12.1. The predicted octanol–water partition coefficient (Wildman–Crippen LogP) is 10.6. The summed E-state index contributed by atoms with van der Waals surface area (Å²) in [5, 5.41) is 0. The fraction of sp³-hybridized carbons (Fsp3) is 0.852. The Balaban J connectivity index is -0.000000149. The minimum Gasteiger partial charge on any atom is -0.103 e. The third-order valence-electron chi connectivity index (χ3n) is 5.25. The Morgan fingerprint density at radius 1 is 0.667 bits per heavy atom. The van der Waals surface area contributed by atoms with Gasteiger partial charge < -0.3 is 0 Å². The van der Waals surface area contributed by atoms with Crippen LogP contribution in [0.25, 0.3) is 0 Å². The molecule has 0 nitrogen and oxygen atoms in total. The maximum Gasteiger partial charge on any atom is -0.0171 e. The van der Waals surface area contributed by atoms with Crippen LogP contribution in [0.15, 0.2) is 25.3 Å². The lowest BCUT2D eigenvalue weighted by Gasteiger charge is -2.32. The van der Waals surface area contributed by atoms with Gasteiger partial charge >= 0.3 is 0 Å². The van der Waals surface area contributed by atoms with E-state index in [1.54, 1.807) is 0 Å². The summed E-state index contributed by atoms with van der Waals surface area (Å²) in [4.78, 5) is 0. The van der Waals surface area contributed by atoms with Gasteiger partial charge in [0.1, 0.15) is 0 Å². The van der Waals surface area contributed by atoms with Gasteiger partial charge in [0.2, 0.25) is 0 Å². The molecular formula is C27H58. The lowest BCUT2D eigenvalue weighted by Crippen LogP contribution is -2.21. The lowest BCUT2D eigenvalue weighted by molar-refractivity contribution is 0.247. The van der Waals surface area contributed by atoms with Gasteiger partial charge in [-0.2, -0.15) is 0 Å². The zero-order chi connectivity index (χ0) is 19.3. The molecule has 27 heavy (non-hydrogen) atoms. The van der Waals surface area contributed by atoms with E-state index in [9.17, 15) is 0 Å². The summed E-state index contributed by atoms with van der Waals surface area (Å²) in [6, 6.07) is 0. The molecule has 2 aliphatic rings. The maximum atomic E-state index is 3.90. The second-order valence-electron chi connectivity index (χ2n) is 7.71. The van der Waals surface area contributed by atoms with Crippen LogP contribution in [-0.4, -0.2) is 0 Å². The van der Waals surface area contributed by atoms with Crippen molar-refractivity contribution >= 4 is 0 Å². The molecule has 2 saturated carbocycles. The summed E-state index contributed by atoms with van der Waals surface area (Å²) >= 11 is 0. The molecule has 0 aromatic heterocycles. The van der Waals surface area contributed by atoms with Gasteiger partial charge in [-0.25, -0.2) is 0 Å². The first-order valence-electron chi connectivity index (χ1n) is 11.4. The molecule has 0 amide bonds. The normalized spacial score (nSPS) is 23.1. The molecule has 166 valence electrons. The molecule has 0 aromatic rings. The molecule has 0 heterocycles.